The number of nitrogens with one attached hydrogen (secondary N) is 2. The van der Waals surface area contributed by atoms with Gasteiger partial charge in [0.2, 0.25) is 0 Å². The van der Waals surface area contributed by atoms with Gasteiger partial charge in [-0.3, -0.25) is 0 Å². The number of carbonyl (C=O) groups excluding carboxylic acids is 1. The summed E-state index contributed by atoms with van der Waals surface area (Å²) in [6.07, 6.45) is 0.689. The molecule has 0 saturated heterocycles. The van der Waals surface area contributed by atoms with Gasteiger partial charge >= 0.3 is 6.03 Å². The predicted molar refractivity (Wildman–Crippen MR) is 90.9 cm³/mol. The molecule has 0 saturated carbocycles. The zero-order chi connectivity index (χ0) is 17.4. The van der Waals surface area contributed by atoms with Crippen molar-refractivity contribution in [2.75, 3.05) is 25.0 Å². The van der Waals surface area contributed by atoms with Crippen molar-refractivity contribution in [3.05, 3.63) is 65.7 Å². The standard InChI is InChI=1S/C18H21F2N3O/c1-23(17-6-3-2-5-16(17)20)12-4-11-21-18(24)22-13-14-7-9-15(19)10-8-14/h2-3,5-10H,4,11-13H2,1H3,(H2,21,22,24). The Hall–Kier alpha value is -2.63. The van der Waals surface area contributed by atoms with Crippen LogP contribution in [0.3, 0.4) is 0 Å². The van der Waals surface area contributed by atoms with Crippen molar-refractivity contribution in [2.24, 2.45) is 0 Å². The van der Waals surface area contributed by atoms with Gasteiger partial charge in [0.15, 0.2) is 0 Å². The lowest BCUT2D eigenvalue weighted by Crippen LogP contribution is -2.36. The Labute approximate surface area is 140 Å². The number of nitrogens with zero attached hydrogens (tertiary/aromatic N) is 1. The van der Waals surface area contributed by atoms with Gasteiger partial charge in [0, 0.05) is 26.7 Å². The Morgan fingerprint density at radius 3 is 2.46 bits per heavy atom. The lowest BCUT2D eigenvalue weighted by molar-refractivity contribution is 0.240. The molecule has 128 valence electrons. The van der Waals surface area contributed by atoms with E-state index in [-0.39, 0.29) is 17.7 Å². The van der Waals surface area contributed by atoms with Crippen LogP contribution in [0, 0.1) is 11.6 Å². The molecule has 2 aromatic carbocycles. The number of carbonyl (C=O) groups is 1. The zero-order valence-corrected chi connectivity index (χ0v) is 13.6. The van der Waals surface area contributed by atoms with Gasteiger partial charge in [-0.15, -0.1) is 0 Å². The van der Waals surface area contributed by atoms with E-state index in [1.54, 1.807) is 30.3 Å². The number of urea groups is 1. The average molecular weight is 333 g/mol. The van der Waals surface area contributed by atoms with Crippen molar-refractivity contribution in [1.29, 1.82) is 0 Å². The molecule has 2 N–H and O–H groups in total. The number of halogens is 2. The van der Waals surface area contributed by atoms with E-state index in [9.17, 15) is 13.6 Å². The lowest BCUT2D eigenvalue weighted by Gasteiger charge is -2.19. The molecule has 0 fully saturated rings. The first kappa shape index (κ1) is 17.7. The monoisotopic (exact) mass is 333 g/mol. The van der Waals surface area contributed by atoms with E-state index in [0.29, 0.717) is 31.7 Å². The average Bonchev–Trinajstić information content (AvgIpc) is 2.58. The molecule has 2 amide bonds. The van der Waals surface area contributed by atoms with E-state index in [1.165, 1.54) is 18.2 Å². The third kappa shape index (κ3) is 5.53. The highest BCUT2D eigenvalue weighted by atomic mass is 19.1. The Balaban J connectivity index is 1.64. The number of anilines is 1. The molecule has 2 aromatic rings. The Morgan fingerprint density at radius 1 is 1.04 bits per heavy atom. The molecule has 4 nitrogen and oxygen atoms in total. The van der Waals surface area contributed by atoms with Crippen LogP contribution in [0.2, 0.25) is 0 Å². The summed E-state index contributed by atoms with van der Waals surface area (Å²) in [5, 5.41) is 5.44. The van der Waals surface area contributed by atoms with Gasteiger partial charge < -0.3 is 15.5 Å². The first-order valence-electron chi connectivity index (χ1n) is 7.78. The van der Waals surface area contributed by atoms with Crippen LogP contribution in [-0.2, 0) is 6.54 Å². The molecule has 0 spiro atoms. The third-order valence-corrected chi connectivity index (χ3v) is 3.59. The SMILES string of the molecule is CN(CCCNC(=O)NCc1ccc(F)cc1)c1ccccc1F. The van der Waals surface area contributed by atoms with Crippen LogP contribution < -0.4 is 15.5 Å². The summed E-state index contributed by atoms with van der Waals surface area (Å²) >= 11 is 0. The van der Waals surface area contributed by atoms with Crippen molar-refractivity contribution in [2.45, 2.75) is 13.0 Å². The maximum absolute atomic E-state index is 13.6. The number of rotatable bonds is 7. The second-order valence-corrected chi connectivity index (χ2v) is 5.46. The number of benzene rings is 2. The normalized spacial score (nSPS) is 10.3. The van der Waals surface area contributed by atoms with E-state index >= 15 is 0 Å². The fraction of sp³-hybridized carbons (Fsp3) is 0.278. The highest BCUT2D eigenvalue weighted by Gasteiger charge is 2.06. The van der Waals surface area contributed by atoms with E-state index in [1.807, 2.05) is 11.9 Å². The second-order valence-electron chi connectivity index (χ2n) is 5.46. The van der Waals surface area contributed by atoms with Crippen LogP contribution in [0.5, 0.6) is 0 Å². The molecule has 0 aromatic heterocycles. The molecule has 0 aliphatic heterocycles. The van der Waals surface area contributed by atoms with Gasteiger partial charge in [-0.05, 0) is 36.2 Å². The molecule has 0 bridgehead atoms. The summed E-state index contributed by atoms with van der Waals surface area (Å²) in [5.41, 5.74) is 1.36. The fourth-order valence-corrected chi connectivity index (χ4v) is 2.25. The van der Waals surface area contributed by atoms with Gasteiger partial charge in [-0.1, -0.05) is 24.3 Å². The van der Waals surface area contributed by atoms with E-state index in [4.69, 9.17) is 0 Å². The molecular weight excluding hydrogens is 312 g/mol. The minimum atomic E-state index is -0.304. The highest BCUT2D eigenvalue weighted by Crippen LogP contribution is 2.16. The molecule has 0 aliphatic carbocycles. The molecule has 0 heterocycles. The third-order valence-electron chi connectivity index (χ3n) is 3.59. The molecule has 24 heavy (non-hydrogen) atoms. The quantitative estimate of drug-likeness (QED) is 0.764. The minimum absolute atomic E-state index is 0.259. The van der Waals surface area contributed by atoms with Crippen LogP contribution in [0.4, 0.5) is 19.3 Å². The van der Waals surface area contributed by atoms with E-state index in [2.05, 4.69) is 10.6 Å². The van der Waals surface area contributed by atoms with Crippen LogP contribution >= 0.6 is 0 Å². The zero-order valence-electron chi connectivity index (χ0n) is 13.6. The Kier molecular flexibility index (Phi) is 6.54. The smallest absolute Gasteiger partial charge is 0.315 e. The topological polar surface area (TPSA) is 44.4 Å². The summed E-state index contributed by atoms with van der Waals surface area (Å²) < 4.78 is 26.4. The minimum Gasteiger partial charge on any atom is -0.372 e. The Bertz CT molecular complexity index is 662. The Morgan fingerprint density at radius 2 is 1.75 bits per heavy atom. The summed E-state index contributed by atoms with van der Waals surface area (Å²) in [6.45, 7) is 1.44. The molecule has 0 radical (unpaired) electrons. The van der Waals surface area contributed by atoms with Gasteiger partial charge in [0.05, 0.1) is 5.69 Å². The van der Waals surface area contributed by atoms with Crippen LogP contribution in [0.15, 0.2) is 48.5 Å². The van der Waals surface area contributed by atoms with Gasteiger partial charge in [0.1, 0.15) is 11.6 Å². The first-order valence-corrected chi connectivity index (χ1v) is 7.78. The van der Waals surface area contributed by atoms with Crippen molar-refractivity contribution in [3.63, 3.8) is 0 Å². The summed E-state index contributed by atoms with van der Waals surface area (Å²) in [5.74, 6) is -0.563. The van der Waals surface area contributed by atoms with Crippen LogP contribution in [-0.4, -0.2) is 26.2 Å². The van der Waals surface area contributed by atoms with Crippen molar-refractivity contribution in [1.82, 2.24) is 10.6 Å². The van der Waals surface area contributed by atoms with Crippen molar-refractivity contribution >= 4 is 11.7 Å². The lowest BCUT2D eigenvalue weighted by atomic mass is 10.2. The van der Waals surface area contributed by atoms with Crippen LogP contribution in [0.1, 0.15) is 12.0 Å². The predicted octanol–water partition coefficient (Wildman–Crippen LogP) is 3.29. The highest BCUT2D eigenvalue weighted by molar-refractivity contribution is 5.73. The summed E-state index contributed by atoms with van der Waals surface area (Å²) in [4.78, 5) is 13.5. The summed E-state index contributed by atoms with van der Waals surface area (Å²) in [7, 11) is 1.81. The molecule has 0 aliphatic rings. The molecule has 0 unspecified atom stereocenters. The van der Waals surface area contributed by atoms with E-state index in [0.717, 1.165) is 5.56 Å². The van der Waals surface area contributed by atoms with Crippen molar-refractivity contribution in [3.8, 4) is 0 Å². The van der Waals surface area contributed by atoms with Gasteiger partial charge in [0.25, 0.3) is 0 Å². The molecule has 6 heteroatoms. The molecular formula is C18H21F2N3O. The maximum Gasteiger partial charge on any atom is 0.315 e. The largest absolute Gasteiger partial charge is 0.372 e. The van der Waals surface area contributed by atoms with Crippen molar-refractivity contribution < 1.29 is 13.6 Å². The number of amides is 2. The number of hydrogen-bond acceptors (Lipinski definition) is 2. The fourth-order valence-electron chi connectivity index (χ4n) is 2.25. The second kappa shape index (κ2) is 8.86. The summed E-state index contributed by atoms with van der Waals surface area (Å²) in [6, 6.07) is 12.3. The maximum atomic E-state index is 13.6. The van der Waals surface area contributed by atoms with Gasteiger partial charge in [-0.2, -0.15) is 0 Å². The number of para-hydroxylation sites is 1. The van der Waals surface area contributed by atoms with E-state index < -0.39 is 0 Å². The number of hydrogen-bond donors (Lipinski definition) is 2. The first-order chi connectivity index (χ1) is 11.6. The molecule has 0 atom stereocenters. The molecule has 2 rings (SSSR count). The van der Waals surface area contributed by atoms with Crippen LogP contribution in [0.25, 0.3) is 0 Å². The van der Waals surface area contributed by atoms with Gasteiger partial charge in [-0.25, -0.2) is 13.6 Å².